The van der Waals surface area contributed by atoms with Gasteiger partial charge in [-0.05, 0) is 37.5 Å². The summed E-state index contributed by atoms with van der Waals surface area (Å²) >= 11 is 0. The lowest BCUT2D eigenvalue weighted by Crippen LogP contribution is -2.40. The average Bonchev–Trinajstić information content (AvgIpc) is 2.28. The summed E-state index contributed by atoms with van der Waals surface area (Å²) < 4.78 is 0. The van der Waals surface area contributed by atoms with E-state index in [4.69, 9.17) is 10.5 Å². The van der Waals surface area contributed by atoms with Crippen molar-refractivity contribution in [1.82, 2.24) is 0 Å². The molecule has 1 amide bonds. The van der Waals surface area contributed by atoms with E-state index in [2.05, 4.69) is 11.4 Å². The number of carbonyl (C=O) groups excluding carboxylic acids is 1. The topological polar surface area (TPSA) is 76.7 Å². The number of nitriles is 2. The van der Waals surface area contributed by atoms with Crippen LogP contribution in [0.15, 0.2) is 24.3 Å². The first-order chi connectivity index (χ1) is 8.20. The summed E-state index contributed by atoms with van der Waals surface area (Å²) in [7, 11) is 0. The third-order valence-electron chi connectivity index (χ3n) is 3.11. The fraction of sp³-hybridized carbons (Fsp3) is 0.308. The fourth-order valence-electron chi connectivity index (χ4n) is 1.84. The molecule has 0 aliphatic heterocycles. The molecule has 17 heavy (non-hydrogen) atoms. The average molecular weight is 225 g/mol. The predicted octanol–water partition coefficient (Wildman–Crippen LogP) is 2.19. The highest BCUT2D eigenvalue weighted by Gasteiger charge is 2.44. The van der Waals surface area contributed by atoms with Gasteiger partial charge < -0.3 is 5.32 Å². The molecular weight excluding hydrogens is 214 g/mol. The van der Waals surface area contributed by atoms with Crippen LogP contribution >= 0.6 is 0 Å². The maximum Gasteiger partial charge on any atom is 0.244 e. The zero-order valence-corrected chi connectivity index (χ0v) is 9.23. The Morgan fingerprint density at radius 1 is 1.35 bits per heavy atom. The first-order valence-electron chi connectivity index (χ1n) is 5.43. The standard InChI is InChI=1S/C13H11N3O/c14-8-10-3-1-4-11(7-10)16-12(17)13(9-15)5-2-6-13/h1,3-4,7H,2,5-6H2,(H,16,17). The Balaban J connectivity index is 2.14. The highest BCUT2D eigenvalue weighted by Crippen LogP contribution is 2.41. The van der Waals surface area contributed by atoms with Crippen molar-refractivity contribution in [2.24, 2.45) is 5.41 Å². The van der Waals surface area contributed by atoms with E-state index in [1.807, 2.05) is 6.07 Å². The molecule has 4 nitrogen and oxygen atoms in total. The summed E-state index contributed by atoms with van der Waals surface area (Å²) in [6, 6.07) is 10.8. The molecule has 0 spiro atoms. The van der Waals surface area contributed by atoms with Gasteiger partial charge in [-0.2, -0.15) is 10.5 Å². The molecule has 0 aromatic heterocycles. The van der Waals surface area contributed by atoms with E-state index in [1.165, 1.54) is 0 Å². The molecule has 0 unspecified atom stereocenters. The number of amides is 1. The molecule has 4 heteroatoms. The van der Waals surface area contributed by atoms with Crippen molar-refractivity contribution in [2.45, 2.75) is 19.3 Å². The molecule has 1 fully saturated rings. The van der Waals surface area contributed by atoms with Gasteiger partial charge in [-0.15, -0.1) is 0 Å². The van der Waals surface area contributed by atoms with E-state index in [9.17, 15) is 4.79 Å². The Bertz CT molecular complexity index is 532. The number of benzene rings is 1. The molecule has 84 valence electrons. The molecule has 0 bridgehead atoms. The van der Waals surface area contributed by atoms with Crippen molar-refractivity contribution in [3.63, 3.8) is 0 Å². The van der Waals surface area contributed by atoms with Crippen LogP contribution < -0.4 is 5.32 Å². The molecular formula is C13H11N3O. The molecule has 2 rings (SSSR count). The van der Waals surface area contributed by atoms with E-state index in [0.717, 1.165) is 6.42 Å². The molecule has 0 radical (unpaired) electrons. The van der Waals surface area contributed by atoms with Crippen LogP contribution in [0.2, 0.25) is 0 Å². The van der Waals surface area contributed by atoms with E-state index in [-0.39, 0.29) is 5.91 Å². The van der Waals surface area contributed by atoms with Gasteiger partial charge >= 0.3 is 0 Å². The van der Waals surface area contributed by atoms with Crippen LogP contribution in [0.5, 0.6) is 0 Å². The van der Waals surface area contributed by atoms with Gasteiger partial charge in [-0.3, -0.25) is 4.79 Å². The quantitative estimate of drug-likeness (QED) is 0.838. The number of hydrogen-bond donors (Lipinski definition) is 1. The molecule has 1 aliphatic carbocycles. The van der Waals surface area contributed by atoms with E-state index in [0.29, 0.717) is 24.1 Å². The molecule has 1 saturated carbocycles. The van der Waals surface area contributed by atoms with Gasteiger partial charge in [0.25, 0.3) is 0 Å². The summed E-state index contributed by atoms with van der Waals surface area (Å²) in [4.78, 5) is 11.9. The monoisotopic (exact) mass is 225 g/mol. The lowest BCUT2D eigenvalue weighted by Gasteiger charge is -2.33. The molecule has 1 aromatic rings. The second-order valence-electron chi connectivity index (χ2n) is 4.19. The van der Waals surface area contributed by atoms with Crippen LogP contribution in [0, 0.1) is 28.1 Å². The Morgan fingerprint density at radius 3 is 2.65 bits per heavy atom. The Kier molecular flexibility index (Phi) is 2.80. The second-order valence-corrected chi connectivity index (χ2v) is 4.19. The fourth-order valence-corrected chi connectivity index (χ4v) is 1.84. The summed E-state index contributed by atoms with van der Waals surface area (Å²) in [6.45, 7) is 0. The van der Waals surface area contributed by atoms with Crippen LogP contribution in [0.1, 0.15) is 24.8 Å². The SMILES string of the molecule is N#Cc1cccc(NC(=O)C2(C#N)CCC2)c1. The molecule has 1 N–H and O–H groups in total. The highest BCUT2D eigenvalue weighted by molar-refractivity contribution is 5.97. The zero-order chi connectivity index (χ0) is 12.3. The van der Waals surface area contributed by atoms with E-state index < -0.39 is 5.41 Å². The highest BCUT2D eigenvalue weighted by atomic mass is 16.2. The van der Waals surface area contributed by atoms with Crippen molar-refractivity contribution in [3.8, 4) is 12.1 Å². The third kappa shape index (κ3) is 1.98. The molecule has 0 atom stereocenters. The summed E-state index contributed by atoms with van der Waals surface area (Å²) in [5.74, 6) is -0.263. The number of anilines is 1. The Morgan fingerprint density at radius 2 is 2.12 bits per heavy atom. The van der Waals surface area contributed by atoms with Gasteiger partial charge in [0.05, 0.1) is 17.7 Å². The van der Waals surface area contributed by atoms with Crippen molar-refractivity contribution in [1.29, 1.82) is 10.5 Å². The number of nitrogens with one attached hydrogen (secondary N) is 1. The minimum absolute atomic E-state index is 0.263. The van der Waals surface area contributed by atoms with Gasteiger partial charge in [0, 0.05) is 5.69 Å². The second kappa shape index (κ2) is 4.27. The summed E-state index contributed by atoms with van der Waals surface area (Å²) in [5.41, 5.74) is 0.195. The lowest BCUT2D eigenvalue weighted by atomic mass is 9.69. The van der Waals surface area contributed by atoms with Gasteiger partial charge in [0.1, 0.15) is 5.41 Å². The number of carbonyl (C=O) groups is 1. The first-order valence-corrected chi connectivity index (χ1v) is 5.43. The zero-order valence-electron chi connectivity index (χ0n) is 9.23. The van der Waals surface area contributed by atoms with Crippen molar-refractivity contribution in [3.05, 3.63) is 29.8 Å². The maximum absolute atomic E-state index is 11.9. The van der Waals surface area contributed by atoms with Crippen LogP contribution in [-0.4, -0.2) is 5.91 Å². The van der Waals surface area contributed by atoms with Crippen LogP contribution in [0.4, 0.5) is 5.69 Å². The largest absolute Gasteiger partial charge is 0.325 e. The minimum atomic E-state index is -0.858. The number of nitrogens with zero attached hydrogens (tertiary/aromatic N) is 2. The molecule has 0 saturated heterocycles. The van der Waals surface area contributed by atoms with Crippen LogP contribution in [0.3, 0.4) is 0 Å². The van der Waals surface area contributed by atoms with Crippen LogP contribution in [-0.2, 0) is 4.79 Å². The first kappa shape index (κ1) is 11.2. The summed E-state index contributed by atoms with van der Waals surface area (Å²) in [5, 5.41) is 20.5. The van der Waals surface area contributed by atoms with Gasteiger partial charge in [0.2, 0.25) is 5.91 Å². The molecule has 1 aliphatic rings. The molecule has 0 heterocycles. The van der Waals surface area contributed by atoms with Gasteiger partial charge in [-0.25, -0.2) is 0 Å². The van der Waals surface area contributed by atoms with Crippen molar-refractivity contribution >= 4 is 11.6 Å². The van der Waals surface area contributed by atoms with Crippen molar-refractivity contribution in [2.75, 3.05) is 5.32 Å². The van der Waals surface area contributed by atoms with Crippen molar-refractivity contribution < 1.29 is 4.79 Å². The number of hydrogen-bond acceptors (Lipinski definition) is 3. The van der Waals surface area contributed by atoms with Gasteiger partial charge in [0.15, 0.2) is 0 Å². The minimum Gasteiger partial charge on any atom is -0.325 e. The predicted molar refractivity (Wildman–Crippen MR) is 61.7 cm³/mol. The third-order valence-corrected chi connectivity index (χ3v) is 3.11. The number of rotatable bonds is 2. The maximum atomic E-state index is 11.9. The Hall–Kier alpha value is -2.33. The molecule has 1 aromatic carbocycles. The Labute approximate surface area is 99.5 Å². The normalized spacial score (nSPS) is 16.1. The van der Waals surface area contributed by atoms with E-state index in [1.54, 1.807) is 24.3 Å². The summed E-state index contributed by atoms with van der Waals surface area (Å²) in [6.07, 6.45) is 2.15. The van der Waals surface area contributed by atoms with E-state index >= 15 is 0 Å². The smallest absolute Gasteiger partial charge is 0.244 e. The van der Waals surface area contributed by atoms with Crippen LogP contribution in [0.25, 0.3) is 0 Å². The van der Waals surface area contributed by atoms with Gasteiger partial charge in [-0.1, -0.05) is 6.07 Å². The lowest BCUT2D eigenvalue weighted by molar-refractivity contribution is -0.126.